The van der Waals surface area contributed by atoms with Crippen LogP contribution in [0.5, 0.6) is 5.75 Å². The molecule has 0 fully saturated rings. The normalized spacial score (nSPS) is 9.87. The average Bonchev–Trinajstić information content (AvgIpc) is 2.13. The second-order valence-corrected chi connectivity index (χ2v) is 3.36. The van der Waals surface area contributed by atoms with Gasteiger partial charge >= 0.3 is 5.97 Å². The van der Waals surface area contributed by atoms with Gasteiger partial charge in [0.15, 0.2) is 6.29 Å². The van der Waals surface area contributed by atoms with E-state index in [0.29, 0.717) is 23.3 Å². The molecule has 0 spiro atoms. The molecular weight excluding hydrogens is 194 g/mol. The maximum Gasteiger partial charge on any atom is 0.308 e. The minimum Gasteiger partial charge on any atom is -0.426 e. The number of nitrogens with zero attached hydrogens (tertiary/aromatic N) is 1. The quantitative estimate of drug-likeness (QED) is 0.547. The zero-order chi connectivity index (χ0) is 11.6. The van der Waals surface area contributed by atoms with Crippen molar-refractivity contribution in [3.8, 4) is 5.75 Å². The third kappa shape index (κ3) is 2.21. The number of aldehydes is 1. The molecule has 0 amide bonds. The number of pyridine rings is 1. The molecule has 0 aliphatic heterocycles. The number of aryl methyl sites for hydroxylation is 2. The van der Waals surface area contributed by atoms with Crippen molar-refractivity contribution in [2.45, 2.75) is 27.7 Å². The minimum absolute atomic E-state index is 0.322. The highest BCUT2D eigenvalue weighted by Crippen LogP contribution is 2.26. The van der Waals surface area contributed by atoms with E-state index in [1.165, 1.54) is 6.92 Å². The van der Waals surface area contributed by atoms with Gasteiger partial charge in [0.2, 0.25) is 0 Å². The second-order valence-electron chi connectivity index (χ2n) is 3.36. The summed E-state index contributed by atoms with van der Waals surface area (Å²) in [4.78, 5) is 25.9. The molecule has 0 aliphatic rings. The Balaban J connectivity index is 3.43. The largest absolute Gasteiger partial charge is 0.426 e. The highest BCUT2D eigenvalue weighted by atomic mass is 16.5. The molecule has 1 aromatic rings. The predicted octanol–water partition coefficient (Wildman–Crippen LogP) is 1.74. The van der Waals surface area contributed by atoms with E-state index in [0.717, 1.165) is 11.3 Å². The summed E-state index contributed by atoms with van der Waals surface area (Å²) >= 11 is 0. The zero-order valence-electron chi connectivity index (χ0n) is 9.25. The van der Waals surface area contributed by atoms with Crippen LogP contribution >= 0.6 is 0 Å². The molecule has 4 nitrogen and oxygen atoms in total. The molecule has 1 heterocycles. The molecular formula is C11H13NO3. The molecule has 0 aromatic carbocycles. The first kappa shape index (κ1) is 11.4. The number of carbonyl (C=O) groups excluding carboxylic acids is 2. The Hall–Kier alpha value is -1.71. The summed E-state index contributed by atoms with van der Waals surface area (Å²) in [5.41, 5.74) is 2.39. The molecule has 1 aromatic heterocycles. The van der Waals surface area contributed by atoms with E-state index >= 15 is 0 Å². The molecule has 4 heteroatoms. The van der Waals surface area contributed by atoms with Crippen LogP contribution in [0, 0.1) is 20.8 Å². The number of hydrogen-bond acceptors (Lipinski definition) is 4. The summed E-state index contributed by atoms with van der Waals surface area (Å²) in [7, 11) is 0. The van der Waals surface area contributed by atoms with Crippen molar-refractivity contribution in [3.05, 3.63) is 22.5 Å². The second kappa shape index (κ2) is 4.21. The fraction of sp³-hybridized carbons (Fsp3) is 0.364. The lowest BCUT2D eigenvalue weighted by Crippen LogP contribution is -2.09. The molecule has 0 bridgehead atoms. The highest BCUT2D eigenvalue weighted by molar-refractivity contribution is 5.84. The lowest BCUT2D eigenvalue weighted by atomic mass is 10.1. The van der Waals surface area contributed by atoms with Crippen LogP contribution in [0.15, 0.2) is 0 Å². The van der Waals surface area contributed by atoms with Crippen molar-refractivity contribution in [1.82, 2.24) is 4.98 Å². The van der Waals surface area contributed by atoms with Gasteiger partial charge in [0.25, 0.3) is 0 Å². The fourth-order valence-electron chi connectivity index (χ4n) is 1.34. The molecule has 0 atom stereocenters. The van der Waals surface area contributed by atoms with Gasteiger partial charge in [0, 0.05) is 18.2 Å². The summed E-state index contributed by atoms with van der Waals surface area (Å²) in [6, 6.07) is 0. The summed E-state index contributed by atoms with van der Waals surface area (Å²) in [6.07, 6.45) is 0.660. The third-order valence-electron chi connectivity index (χ3n) is 2.22. The van der Waals surface area contributed by atoms with Crippen LogP contribution in [-0.2, 0) is 4.79 Å². The third-order valence-corrected chi connectivity index (χ3v) is 2.22. The van der Waals surface area contributed by atoms with Crippen LogP contribution in [0.25, 0.3) is 0 Å². The van der Waals surface area contributed by atoms with Crippen molar-refractivity contribution >= 4 is 12.3 Å². The molecule has 0 aliphatic carbocycles. The smallest absolute Gasteiger partial charge is 0.308 e. The number of ether oxygens (including phenoxy) is 1. The fourth-order valence-corrected chi connectivity index (χ4v) is 1.34. The standard InChI is InChI=1S/C11H13NO3/c1-6-7(2)12-8(3)10(5-13)11(6)15-9(4)14/h5H,1-4H3. The first-order valence-corrected chi connectivity index (χ1v) is 4.58. The summed E-state index contributed by atoms with van der Waals surface area (Å²) in [5.74, 6) is -0.117. The lowest BCUT2D eigenvalue weighted by Gasteiger charge is -2.12. The van der Waals surface area contributed by atoms with Gasteiger partial charge in [-0.15, -0.1) is 0 Å². The molecule has 0 saturated carbocycles. The van der Waals surface area contributed by atoms with Crippen LogP contribution in [0.3, 0.4) is 0 Å². The number of esters is 1. The van der Waals surface area contributed by atoms with Gasteiger partial charge in [-0.25, -0.2) is 0 Å². The topological polar surface area (TPSA) is 56.3 Å². The maximum absolute atomic E-state index is 10.9. The molecule has 15 heavy (non-hydrogen) atoms. The summed E-state index contributed by atoms with van der Waals surface area (Å²) in [6.45, 7) is 6.60. The number of hydrogen-bond donors (Lipinski definition) is 0. The van der Waals surface area contributed by atoms with Crippen molar-refractivity contribution in [2.24, 2.45) is 0 Å². The van der Waals surface area contributed by atoms with Gasteiger partial charge < -0.3 is 4.74 Å². The molecule has 80 valence electrons. The highest BCUT2D eigenvalue weighted by Gasteiger charge is 2.15. The Morgan fingerprint density at radius 3 is 2.33 bits per heavy atom. The van der Waals surface area contributed by atoms with Crippen LogP contribution in [0.1, 0.15) is 34.2 Å². The van der Waals surface area contributed by atoms with E-state index in [9.17, 15) is 9.59 Å². The number of rotatable bonds is 2. The Kier molecular flexibility index (Phi) is 3.19. The van der Waals surface area contributed by atoms with E-state index in [-0.39, 0.29) is 0 Å². The first-order valence-electron chi connectivity index (χ1n) is 4.58. The minimum atomic E-state index is -0.439. The molecule has 0 radical (unpaired) electrons. The monoisotopic (exact) mass is 207 g/mol. The zero-order valence-corrected chi connectivity index (χ0v) is 9.25. The number of carbonyl (C=O) groups is 2. The van der Waals surface area contributed by atoms with Crippen molar-refractivity contribution < 1.29 is 14.3 Å². The van der Waals surface area contributed by atoms with Gasteiger partial charge in [-0.1, -0.05) is 0 Å². The van der Waals surface area contributed by atoms with Crippen LogP contribution in [-0.4, -0.2) is 17.2 Å². The van der Waals surface area contributed by atoms with Gasteiger partial charge in [-0.05, 0) is 20.8 Å². The Morgan fingerprint density at radius 2 is 1.87 bits per heavy atom. The van der Waals surface area contributed by atoms with Crippen LogP contribution in [0.4, 0.5) is 0 Å². The molecule has 0 unspecified atom stereocenters. The summed E-state index contributed by atoms with van der Waals surface area (Å²) in [5, 5.41) is 0. The van der Waals surface area contributed by atoms with Gasteiger partial charge in [0.1, 0.15) is 5.75 Å². The SMILES string of the molecule is CC(=O)Oc1c(C)c(C)nc(C)c1C=O. The number of aromatic nitrogens is 1. The van der Waals surface area contributed by atoms with Crippen molar-refractivity contribution in [3.63, 3.8) is 0 Å². The van der Waals surface area contributed by atoms with E-state index in [4.69, 9.17) is 4.74 Å². The van der Waals surface area contributed by atoms with E-state index in [1.54, 1.807) is 13.8 Å². The van der Waals surface area contributed by atoms with Crippen molar-refractivity contribution in [1.29, 1.82) is 0 Å². The summed E-state index contributed by atoms with van der Waals surface area (Å²) < 4.78 is 5.02. The Bertz CT molecular complexity index is 424. The Labute approximate surface area is 88.3 Å². The molecule has 0 N–H and O–H groups in total. The van der Waals surface area contributed by atoms with Gasteiger partial charge in [-0.3, -0.25) is 14.6 Å². The van der Waals surface area contributed by atoms with E-state index in [2.05, 4.69) is 4.98 Å². The molecule has 0 saturated heterocycles. The van der Waals surface area contributed by atoms with Crippen LogP contribution in [0.2, 0.25) is 0 Å². The average molecular weight is 207 g/mol. The van der Waals surface area contributed by atoms with E-state index in [1.807, 2.05) is 6.92 Å². The van der Waals surface area contributed by atoms with Crippen molar-refractivity contribution in [2.75, 3.05) is 0 Å². The van der Waals surface area contributed by atoms with Crippen LogP contribution < -0.4 is 4.74 Å². The molecule has 1 rings (SSSR count). The Morgan fingerprint density at radius 1 is 1.27 bits per heavy atom. The van der Waals surface area contributed by atoms with E-state index < -0.39 is 5.97 Å². The predicted molar refractivity (Wildman–Crippen MR) is 55.1 cm³/mol. The maximum atomic E-state index is 10.9. The first-order chi connectivity index (χ1) is 6.97. The van der Waals surface area contributed by atoms with Gasteiger partial charge in [0.05, 0.1) is 11.3 Å². The van der Waals surface area contributed by atoms with Gasteiger partial charge in [-0.2, -0.15) is 0 Å². The lowest BCUT2D eigenvalue weighted by molar-refractivity contribution is -0.131.